The number of hydrogen-bond donors (Lipinski definition) is 2. The van der Waals surface area contributed by atoms with Crippen LogP contribution in [0.3, 0.4) is 0 Å². The Hall–Kier alpha value is -0.140. The van der Waals surface area contributed by atoms with Gasteiger partial charge in [0, 0.05) is 19.8 Å². The Labute approximate surface area is 125 Å². The van der Waals surface area contributed by atoms with Gasteiger partial charge in [-0.05, 0) is 45.8 Å². The highest BCUT2D eigenvalue weighted by Gasteiger charge is 2.35. The molecule has 0 atom stereocenters. The molecule has 0 radical (unpaired) electrons. The Morgan fingerprint density at radius 1 is 1.56 bits per heavy atom. The zero-order chi connectivity index (χ0) is 12.3. The second-order valence-electron chi connectivity index (χ2n) is 4.21. The fourth-order valence-corrected chi connectivity index (χ4v) is 2.97. The lowest BCUT2D eigenvalue weighted by molar-refractivity contribution is -0.129. The summed E-state index contributed by atoms with van der Waals surface area (Å²) in [5.41, 5.74) is 6.40. The van der Waals surface area contributed by atoms with Gasteiger partial charge in [0.25, 0.3) is 0 Å². The van der Waals surface area contributed by atoms with E-state index in [9.17, 15) is 4.79 Å². The summed E-state index contributed by atoms with van der Waals surface area (Å²) in [4.78, 5) is 12.0. The van der Waals surface area contributed by atoms with Crippen LogP contribution in [-0.2, 0) is 16.1 Å². The molecule has 1 fully saturated rings. The quantitative estimate of drug-likeness (QED) is 0.872. The maximum atomic E-state index is 12.0. The highest BCUT2D eigenvalue weighted by molar-refractivity contribution is 9.11. The molecule has 0 spiro atoms. The summed E-state index contributed by atoms with van der Waals surface area (Å²) < 4.78 is 6.28. The number of nitrogens with one attached hydrogen (secondary N) is 1. The topological polar surface area (TPSA) is 64.4 Å². The van der Waals surface area contributed by atoms with Crippen molar-refractivity contribution in [2.45, 2.75) is 24.9 Å². The van der Waals surface area contributed by atoms with Crippen LogP contribution in [0.1, 0.15) is 18.4 Å². The van der Waals surface area contributed by atoms with Gasteiger partial charge < -0.3 is 15.8 Å². The van der Waals surface area contributed by atoms with Gasteiger partial charge in [-0.2, -0.15) is 0 Å². The fraction of sp³-hybridized carbons (Fsp3) is 0.545. The third kappa shape index (κ3) is 3.93. The average molecular weight is 356 g/mol. The zero-order valence-electron chi connectivity index (χ0n) is 9.78. The van der Waals surface area contributed by atoms with Crippen LogP contribution in [-0.4, -0.2) is 24.7 Å². The number of thiophene rings is 1. The molecule has 1 saturated heterocycles. The fourth-order valence-electron chi connectivity index (χ4n) is 1.76. The van der Waals surface area contributed by atoms with Crippen molar-refractivity contribution in [3.05, 3.63) is 20.8 Å². The minimum Gasteiger partial charge on any atom is -0.381 e. The maximum absolute atomic E-state index is 12.0. The number of halogens is 2. The van der Waals surface area contributed by atoms with E-state index in [0.29, 0.717) is 32.6 Å². The van der Waals surface area contributed by atoms with Crippen molar-refractivity contribution in [3.8, 4) is 0 Å². The Morgan fingerprint density at radius 2 is 2.22 bits per heavy atom. The molecule has 2 heterocycles. The first-order valence-electron chi connectivity index (χ1n) is 5.48. The van der Waals surface area contributed by atoms with Gasteiger partial charge in [0.1, 0.15) is 0 Å². The van der Waals surface area contributed by atoms with E-state index in [2.05, 4.69) is 21.2 Å². The molecule has 1 aromatic rings. The molecule has 7 heteroatoms. The molecule has 2 rings (SSSR count). The third-order valence-electron chi connectivity index (χ3n) is 2.91. The van der Waals surface area contributed by atoms with Gasteiger partial charge in [-0.3, -0.25) is 4.79 Å². The third-order valence-corrected chi connectivity index (χ3v) is 4.47. The lowest BCUT2D eigenvalue weighted by Crippen LogP contribution is -2.56. The largest absolute Gasteiger partial charge is 0.381 e. The monoisotopic (exact) mass is 354 g/mol. The molecule has 18 heavy (non-hydrogen) atoms. The molecule has 0 bridgehead atoms. The van der Waals surface area contributed by atoms with Crippen LogP contribution in [0.2, 0.25) is 0 Å². The van der Waals surface area contributed by atoms with E-state index < -0.39 is 5.54 Å². The van der Waals surface area contributed by atoms with Crippen LogP contribution >= 0.6 is 39.7 Å². The van der Waals surface area contributed by atoms with E-state index in [1.54, 1.807) is 11.3 Å². The van der Waals surface area contributed by atoms with E-state index >= 15 is 0 Å². The normalized spacial score (nSPS) is 17.9. The minimum atomic E-state index is -0.758. The molecule has 1 aromatic heterocycles. The highest BCUT2D eigenvalue weighted by atomic mass is 79.9. The molecule has 1 aliphatic rings. The summed E-state index contributed by atoms with van der Waals surface area (Å²) in [6.07, 6.45) is 1.18. The summed E-state index contributed by atoms with van der Waals surface area (Å²) in [5.74, 6) is -0.0804. The van der Waals surface area contributed by atoms with E-state index in [1.807, 2.05) is 11.4 Å². The van der Waals surface area contributed by atoms with E-state index in [4.69, 9.17) is 10.5 Å². The number of carbonyl (C=O) groups excluding carboxylic acids is 1. The maximum Gasteiger partial charge on any atom is 0.240 e. The van der Waals surface area contributed by atoms with Crippen molar-refractivity contribution in [1.82, 2.24) is 5.32 Å². The van der Waals surface area contributed by atoms with E-state index in [-0.39, 0.29) is 18.3 Å². The Kier molecular flexibility index (Phi) is 6.07. The highest BCUT2D eigenvalue weighted by Crippen LogP contribution is 2.21. The van der Waals surface area contributed by atoms with Crippen molar-refractivity contribution < 1.29 is 9.53 Å². The molecular weight excluding hydrogens is 340 g/mol. The van der Waals surface area contributed by atoms with Crippen molar-refractivity contribution in [2.24, 2.45) is 5.73 Å². The van der Waals surface area contributed by atoms with Crippen molar-refractivity contribution in [2.75, 3.05) is 13.2 Å². The average Bonchev–Trinajstić information content (AvgIpc) is 2.73. The van der Waals surface area contributed by atoms with Crippen LogP contribution in [0.4, 0.5) is 0 Å². The molecule has 4 nitrogen and oxygen atoms in total. The first-order chi connectivity index (χ1) is 8.10. The standard InChI is InChI=1S/C11H15BrN2O2S.ClH/c12-9-5-8(7-17-9)6-14-10(15)11(13)1-3-16-4-2-11;/h5,7H,1-4,6,13H2,(H,14,15);1H. The van der Waals surface area contributed by atoms with Gasteiger partial charge in [0.15, 0.2) is 0 Å². The smallest absolute Gasteiger partial charge is 0.240 e. The van der Waals surface area contributed by atoms with Gasteiger partial charge in [-0.25, -0.2) is 0 Å². The van der Waals surface area contributed by atoms with Crippen molar-refractivity contribution >= 4 is 45.6 Å². The summed E-state index contributed by atoms with van der Waals surface area (Å²) in [6.45, 7) is 1.66. The summed E-state index contributed by atoms with van der Waals surface area (Å²) >= 11 is 5.00. The SMILES string of the molecule is Cl.NC1(C(=O)NCc2csc(Br)c2)CCOCC1. The molecule has 1 amide bonds. The Morgan fingerprint density at radius 3 is 2.78 bits per heavy atom. The Balaban J connectivity index is 0.00000162. The molecule has 0 aromatic carbocycles. The van der Waals surface area contributed by atoms with Gasteiger partial charge in [-0.15, -0.1) is 23.7 Å². The van der Waals surface area contributed by atoms with Gasteiger partial charge in [0.2, 0.25) is 5.91 Å². The van der Waals surface area contributed by atoms with Crippen LogP contribution < -0.4 is 11.1 Å². The van der Waals surface area contributed by atoms with Crippen LogP contribution in [0.15, 0.2) is 15.2 Å². The molecule has 0 unspecified atom stereocenters. The zero-order valence-corrected chi connectivity index (χ0v) is 13.0. The molecule has 0 saturated carbocycles. The number of ether oxygens (including phenoxy) is 1. The summed E-state index contributed by atoms with van der Waals surface area (Å²) in [7, 11) is 0. The number of hydrogen-bond acceptors (Lipinski definition) is 4. The molecule has 1 aliphatic heterocycles. The van der Waals surface area contributed by atoms with Crippen LogP contribution in [0.25, 0.3) is 0 Å². The minimum absolute atomic E-state index is 0. The number of nitrogens with two attached hydrogens (primary N) is 1. The first kappa shape index (κ1) is 15.9. The second kappa shape index (κ2) is 6.86. The number of carbonyl (C=O) groups is 1. The van der Waals surface area contributed by atoms with E-state index in [0.717, 1.165) is 9.35 Å². The number of amides is 1. The molecule has 0 aliphatic carbocycles. The van der Waals surface area contributed by atoms with E-state index in [1.165, 1.54) is 0 Å². The van der Waals surface area contributed by atoms with Crippen molar-refractivity contribution in [1.29, 1.82) is 0 Å². The summed E-state index contributed by atoms with van der Waals surface area (Å²) in [6, 6.07) is 2.00. The van der Waals surface area contributed by atoms with Crippen molar-refractivity contribution in [3.63, 3.8) is 0 Å². The van der Waals surface area contributed by atoms with Gasteiger partial charge >= 0.3 is 0 Å². The molecular formula is C11H16BrClN2O2S. The predicted molar refractivity (Wildman–Crippen MR) is 78.1 cm³/mol. The van der Waals surface area contributed by atoms with Gasteiger partial charge in [-0.1, -0.05) is 0 Å². The lowest BCUT2D eigenvalue weighted by atomic mass is 9.90. The van der Waals surface area contributed by atoms with Crippen LogP contribution in [0.5, 0.6) is 0 Å². The van der Waals surface area contributed by atoms with Crippen LogP contribution in [0, 0.1) is 0 Å². The lowest BCUT2D eigenvalue weighted by Gasteiger charge is -2.31. The first-order valence-corrected chi connectivity index (χ1v) is 7.15. The summed E-state index contributed by atoms with van der Waals surface area (Å²) in [5, 5.41) is 4.90. The second-order valence-corrected chi connectivity index (χ2v) is 6.50. The Bertz CT molecular complexity index is 408. The molecule has 3 N–H and O–H groups in total. The van der Waals surface area contributed by atoms with Gasteiger partial charge in [0.05, 0.1) is 9.33 Å². The predicted octanol–water partition coefficient (Wildman–Crippen LogP) is 2.06. The number of rotatable bonds is 3. The molecule has 102 valence electrons.